The van der Waals surface area contributed by atoms with Gasteiger partial charge in [0, 0.05) is 0 Å². The Bertz CT molecular complexity index is 4950. The molecule has 0 heteroatoms. The molecule has 11 aromatic rings. The highest BCUT2D eigenvalue weighted by atomic mass is 14.4. The van der Waals surface area contributed by atoms with Gasteiger partial charge in [-0.3, -0.25) is 0 Å². The van der Waals surface area contributed by atoms with Crippen molar-refractivity contribution in [3.63, 3.8) is 0 Å². The second-order valence-corrected chi connectivity index (χ2v) is 43.5. The van der Waals surface area contributed by atoms with E-state index in [1.165, 1.54) is 317 Å². The molecular formula is C134H200. The summed E-state index contributed by atoms with van der Waals surface area (Å²) in [6.07, 6.45) is 28.9. The zero-order valence-corrected chi connectivity index (χ0v) is 94.2. The van der Waals surface area contributed by atoms with Crippen LogP contribution in [0.3, 0.4) is 0 Å². The summed E-state index contributed by atoms with van der Waals surface area (Å²) >= 11 is 0. The van der Waals surface area contributed by atoms with Crippen LogP contribution in [0.15, 0.2) is 158 Å². The van der Waals surface area contributed by atoms with E-state index in [1.54, 1.807) is 0 Å². The van der Waals surface area contributed by atoms with Crippen molar-refractivity contribution in [2.45, 2.75) is 405 Å². The second-order valence-electron chi connectivity index (χ2n) is 43.5. The summed E-state index contributed by atoms with van der Waals surface area (Å²) in [5.74, 6) is 13.9. The molecule has 0 aliphatic heterocycles. The standard InChI is InChI=1S/2C16H18.C16H32.3C14H16.C14H28.C12H24.C10H14.C8H18/c1-11-7-5-9-15(13(11)3)16-10-6-8-12(2)14(16)4;1-11-8-9-15(10-13(11)3)16-7-5-6-12(2)14(16)4;1-5-13(6-2)15-9-11-16(12-10-15)14(7-3)8-4;1-9-5-13-7-11(3)12(4)8-14(13)6-10(9)2;1-9-5-7-14-12(4)10(2)6-8-13(14)11(9)3;1-9-5-6-11(3)14-12(4)8-7-10(2)13(9)14;1-5-11(3)13-7-9-14(10-8-13)12(4)6-2;1-5-9(2)12-7-6-10(3)11(4)8-12;1-7-5-9(3)10(4)6-8(7)2;1-5-7(3)8(4)6-2/h2*5-10H,1-4H3;13-16H,5-12H2,1-4H3;3*5-8H,1-4H3;11-14H,5-10H2,1-4H3;9-12H,5-8H2,1-4H3;5-6H,1-4H3;7-8H,5-6H2,1-4H3. The monoisotopic (exact) mass is 1810 g/mol. The molecule has 736 valence electrons. The van der Waals surface area contributed by atoms with Gasteiger partial charge in [0.25, 0.3) is 0 Å². The first-order chi connectivity index (χ1) is 63.4. The first kappa shape index (κ1) is 117. The Hall–Kier alpha value is -7.80. The predicted octanol–water partition coefficient (Wildman–Crippen LogP) is 42.0. The molecule has 3 aliphatic rings. The highest BCUT2D eigenvalue weighted by molar-refractivity contribution is 5.94. The highest BCUT2D eigenvalue weighted by Crippen LogP contribution is 2.43. The Morgan fingerprint density at radius 1 is 0.216 bits per heavy atom. The molecule has 3 fully saturated rings. The molecule has 0 heterocycles. The average molecular weight is 1810 g/mol. The van der Waals surface area contributed by atoms with E-state index in [0.29, 0.717) is 0 Å². The second kappa shape index (κ2) is 58.2. The Labute approximate surface area is 828 Å². The van der Waals surface area contributed by atoms with Crippen LogP contribution in [0.4, 0.5) is 0 Å². The summed E-state index contributed by atoms with van der Waals surface area (Å²) in [5, 5.41) is 8.38. The van der Waals surface area contributed by atoms with Crippen LogP contribution in [0.2, 0.25) is 0 Å². The van der Waals surface area contributed by atoms with Crippen molar-refractivity contribution in [3.8, 4) is 22.3 Å². The smallest absolute Gasteiger partial charge is 0.0120 e. The molecule has 0 nitrogen and oxygen atoms in total. The molecular weight excluding hydrogens is 1610 g/mol. The number of rotatable bonds is 17. The first-order valence-electron chi connectivity index (χ1n) is 54.1. The van der Waals surface area contributed by atoms with E-state index in [-0.39, 0.29) is 0 Å². The fourth-order valence-corrected chi connectivity index (χ4v) is 21.3. The molecule has 0 radical (unpaired) electrons. The van der Waals surface area contributed by atoms with Crippen LogP contribution in [0.1, 0.15) is 373 Å². The molecule has 0 saturated heterocycles. The molecule has 3 saturated carbocycles. The predicted molar refractivity (Wildman–Crippen MR) is 608 cm³/mol. The van der Waals surface area contributed by atoms with Crippen LogP contribution in [0.5, 0.6) is 0 Å². The first-order valence-corrected chi connectivity index (χ1v) is 54.1. The van der Waals surface area contributed by atoms with Crippen molar-refractivity contribution < 1.29 is 0 Å². The zero-order chi connectivity index (χ0) is 100. The number of fused-ring (bicyclic) bond motifs is 3. The molecule has 11 aromatic carbocycles. The minimum atomic E-state index is 0.917. The summed E-state index contributed by atoms with van der Waals surface area (Å²) in [6, 6.07) is 57.6. The molecule has 0 spiro atoms. The Balaban J connectivity index is 0.000000264. The summed E-state index contributed by atoms with van der Waals surface area (Å²) in [4.78, 5) is 0. The van der Waals surface area contributed by atoms with Crippen molar-refractivity contribution in [3.05, 3.63) is 291 Å². The minimum absolute atomic E-state index is 0.917. The van der Waals surface area contributed by atoms with Crippen molar-refractivity contribution >= 4 is 32.3 Å². The number of hydrogen-bond donors (Lipinski definition) is 0. The lowest BCUT2D eigenvalue weighted by molar-refractivity contribution is 0.152. The largest absolute Gasteiger partial charge is 0.0651 e. The van der Waals surface area contributed by atoms with Crippen LogP contribution in [0, 0.1) is 249 Å². The minimum Gasteiger partial charge on any atom is -0.0651 e. The van der Waals surface area contributed by atoms with E-state index in [2.05, 4.69) is 435 Å². The summed E-state index contributed by atoms with van der Waals surface area (Å²) in [5.41, 5.74) is 38.5. The third kappa shape index (κ3) is 34.4. The maximum Gasteiger partial charge on any atom is -0.0120 e. The quantitative estimate of drug-likeness (QED) is 0.0852. The topological polar surface area (TPSA) is 0 Å². The Morgan fingerprint density at radius 3 is 0.776 bits per heavy atom. The summed E-state index contributed by atoms with van der Waals surface area (Å²) < 4.78 is 0. The van der Waals surface area contributed by atoms with Gasteiger partial charge in [-0.2, -0.15) is 0 Å². The van der Waals surface area contributed by atoms with Gasteiger partial charge in [-0.15, -0.1) is 0 Å². The lowest BCUT2D eigenvalue weighted by atomic mass is 9.70. The Kier molecular flexibility index (Phi) is 50.7. The summed E-state index contributed by atoms with van der Waals surface area (Å²) in [6.45, 7) is 90.1. The van der Waals surface area contributed by atoms with Crippen molar-refractivity contribution in [1.29, 1.82) is 0 Å². The van der Waals surface area contributed by atoms with Crippen LogP contribution in [-0.4, -0.2) is 0 Å². The number of aryl methyl sites for hydroxylation is 21. The normalized spacial score (nSPS) is 17.9. The fraction of sp³-hybridized carbons (Fsp3) is 0.552. The maximum atomic E-state index is 2.44. The van der Waals surface area contributed by atoms with E-state index >= 15 is 0 Å². The molecule has 8 unspecified atom stereocenters. The van der Waals surface area contributed by atoms with Gasteiger partial charge in [0.05, 0.1) is 0 Å². The molecule has 0 bridgehead atoms. The van der Waals surface area contributed by atoms with Gasteiger partial charge in [0.1, 0.15) is 0 Å². The van der Waals surface area contributed by atoms with E-state index in [4.69, 9.17) is 0 Å². The maximum absolute atomic E-state index is 2.44. The van der Waals surface area contributed by atoms with Gasteiger partial charge in [0.15, 0.2) is 0 Å². The van der Waals surface area contributed by atoms with Gasteiger partial charge in [0.2, 0.25) is 0 Å². The van der Waals surface area contributed by atoms with Crippen molar-refractivity contribution in [2.75, 3.05) is 0 Å². The van der Waals surface area contributed by atoms with Gasteiger partial charge >= 0.3 is 0 Å². The molecule has 8 atom stereocenters. The lowest BCUT2D eigenvalue weighted by Crippen LogP contribution is -2.25. The van der Waals surface area contributed by atoms with Crippen LogP contribution in [0.25, 0.3) is 54.6 Å². The molecule has 0 N–H and O–H groups in total. The van der Waals surface area contributed by atoms with Crippen molar-refractivity contribution in [2.24, 2.45) is 82.9 Å². The molecule has 134 heavy (non-hydrogen) atoms. The lowest BCUT2D eigenvalue weighted by Gasteiger charge is -2.36. The third-order valence-electron chi connectivity index (χ3n) is 34.7. The number of benzene rings is 11. The van der Waals surface area contributed by atoms with E-state index < -0.39 is 0 Å². The van der Waals surface area contributed by atoms with Crippen LogP contribution in [-0.2, 0) is 0 Å². The van der Waals surface area contributed by atoms with Gasteiger partial charge in [-0.25, -0.2) is 0 Å². The van der Waals surface area contributed by atoms with E-state index in [9.17, 15) is 0 Å². The molecule has 3 aliphatic carbocycles. The van der Waals surface area contributed by atoms with Gasteiger partial charge in [-0.1, -0.05) is 333 Å². The third-order valence-corrected chi connectivity index (χ3v) is 34.7. The molecule has 0 aromatic heterocycles. The van der Waals surface area contributed by atoms with Crippen LogP contribution >= 0.6 is 0 Å². The molecule has 0 amide bonds. The zero-order valence-electron chi connectivity index (χ0n) is 94.2. The average Bonchev–Trinajstić information content (AvgIpc) is 0.849. The van der Waals surface area contributed by atoms with Gasteiger partial charge < -0.3 is 0 Å². The fourth-order valence-electron chi connectivity index (χ4n) is 21.3. The van der Waals surface area contributed by atoms with Crippen LogP contribution < -0.4 is 0 Å². The Morgan fingerprint density at radius 2 is 0.478 bits per heavy atom. The van der Waals surface area contributed by atoms with Gasteiger partial charge in [-0.05, 0) is 501 Å². The number of hydrogen-bond acceptors (Lipinski definition) is 0. The highest BCUT2D eigenvalue weighted by Gasteiger charge is 2.31. The summed E-state index contributed by atoms with van der Waals surface area (Å²) in [7, 11) is 0. The van der Waals surface area contributed by atoms with E-state index in [1.807, 2.05) is 0 Å². The SMILES string of the molecule is CCC(C)C(C)CC.CCC(C)C1CCC(C(C)CC)CC1.CCC(C)C1CCC(C)C(C)C1.CCC(CC)C1CCC(C(CC)CC)CC1.Cc1cc(C)c(C)cc1C.Cc1cc2cc(C)c(C)cc2cc1C.Cc1ccc(-c2cccc(C)c2C)cc1C.Cc1ccc(C)c2c(C)ccc(C)c12.Cc1ccc2c(C)c(C)ccc2c1C.Cc1cccc(-c2cccc(C)c2C)c1C. The molecule has 14 rings (SSSR count). The van der Waals surface area contributed by atoms with Crippen molar-refractivity contribution in [1.82, 2.24) is 0 Å². The van der Waals surface area contributed by atoms with E-state index in [0.717, 1.165) is 82.9 Å².